The average Bonchev–Trinajstić information content (AvgIpc) is 2.20. The second kappa shape index (κ2) is 6.80. The van der Waals surface area contributed by atoms with E-state index >= 15 is 0 Å². The Bertz CT molecular complexity index is 305. The van der Waals surface area contributed by atoms with Crippen LogP contribution < -0.4 is 5.32 Å². The molecule has 0 saturated carbocycles. The average molecular weight is 273 g/mol. The molecule has 1 rings (SSSR count). The fourth-order valence-corrected chi connectivity index (χ4v) is 1.70. The number of anilines is 1. The van der Waals surface area contributed by atoms with E-state index in [-0.39, 0.29) is 0 Å². The quantitative estimate of drug-likeness (QED) is 0.809. The molecule has 0 saturated heterocycles. The molecule has 0 atom stereocenters. The highest BCUT2D eigenvalue weighted by Gasteiger charge is 1.99. The van der Waals surface area contributed by atoms with Crippen molar-refractivity contribution in [3.05, 3.63) is 22.3 Å². The Morgan fingerprint density at radius 1 is 1.53 bits per heavy atom. The van der Waals surface area contributed by atoms with Gasteiger partial charge in [-0.2, -0.15) is 0 Å². The molecule has 0 unspecified atom stereocenters. The number of aryl methyl sites for hydroxylation is 1. The zero-order chi connectivity index (χ0) is 11.1. The Balaban J connectivity index is 2.31. The van der Waals surface area contributed by atoms with E-state index < -0.39 is 0 Å². The van der Waals surface area contributed by atoms with Crippen LogP contribution in [0.4, 0.5) is 5.82 Å². The standard InChI is InChI=1S/C11H17BrN2O/c1-3-15-6-4-5-13-11-9(2)7-10(12)8-14-11/h7-8H,3-6H2,1-2H3,(H,13,14). The summed E-state index contributed by atoms with van der Waals surface area (Å²) in [5.74, 6) is 0.953. The molecule has 0 amide bonds. The maximum atomic E-state index is 5.25. The van der Waals surface area contributed by atoms with E-state index in [0.29, 0.717) is 0 Å². The molecule has 4 heteroatoms. The fourth-order valence-electron chi connectivity index (χ4n) is 1.25. The Hall–Kier alpha value is -0.610. The lowest BCUT2D eigenvalue weighted by Gasteiger charge is -2.08. The summed E-state index contributed by atoms with van der Waals surface area (Å²) < 4.78 is 6.27. The van der Waals surface area contributed by atoms with Crippen LogP contribution in [0, 0.1) is 6.92 Å². The molecule has 1 aromatic rings. The van der Waals surface area contributed by atoms with Crippen molar-refractivity contribution in [3.63, 3.8) is 0 Å². The number of rotatable bonds is 6. The zero-order valence-electron chi connectivity index (χ0n) is 9.22. The summed E-state index contributed by atoms with van der Waals surface area (Å²) in [7, 11) is 0. The van der Waals surface area contributed by atoms with Crippen LogP contribution >= 0.6 is 15.9 Å². The maximum Gasteiger partial charge on any atom is 0.128 e. The minimum absolute atomic E-state index is 0.787. The predicted molar refractivity (Wildman–Crippen MR) is 66.3 cm³/mol. The number of hydrogen-bond acceptors (Lipinski definition) is 3. The Labute approximate surface area is 99.4 Å². The van der Waals surface area contributed by atoms with Crippen LogP contribution in [0.3, 0.4) is 0 Å². The highest BCUT2D eigenvalue weighted by Crippen LogP contribution is 2.16. The first-order chi connectivity index (χ1) is 7.24. The normalized spacial score (nSPS) is 10.3. The molecule has 1 aromatic heterocycles. The molecular weight excluding hydrogens is 256 g/mol. The van der Waals surface area contributed by atoms with Gasteiger partial charge in [0.05, 0.1) is 0 Å². The van der Waals surface area contributed by atoms with Gasteiger partial charge in [0.2, 0.25) is 0 Å². The second-order valence-electron chi connectivity index (χ2n) is 3.30. The van der Waals surface area contributed by atoms with Crippen molar-refractivity contribution >= 4 is 21.7 Å². The zero-order valence-corrected chi connectivity index (χ0v) is 10.8. The summed E-state index contributed by atoms with van der Waals surface area (Å²) in [6, 6.07) is 2.05. The fraction of sp³-hybridized carbons (Fsp3) is 0.545. The van der Waals surface area contributed by atoms with E-state index in [1.54, 1.807) is 6.20 Å². The van der Waals surface area contributed by atoms with Gasteiger partial charge in [0.25, 0.3) is 0 Å². The Kier molecular flexibility index (Phi) is 5.65. The number of ether oxygens (including phenoxy) is 1. The van der Waals surface area contributed by atoms with Gasteiger partial charge >= 0.3 is 0 Å². The van der Waals surface area contributed by atoms with Crippen molar-refractivity contribution < 1.29 is 4.74 Å². The smallest absolute Gasteiger partial charge is 0.128 e. The van der Waals surface area contributed by atoms with Crippen molar-refractivity contribution in [2.24, 2.45) is 0 Å². The van der Waals surface area contributed by atoms with E-state index in [1.165, 1.54) is 0 Å². The number of nitrogens with zero attached hydrogens (tertiary/aromatic N) is 1. The van der Waals surface area contributed by atoms with Crippen molar-refractivity contribution in [1.29, 1.82) is 0 Å². The van der Waals surface area contributed by atoms with Gasteiger partial charge in [-0.05, 0) is 47.8 Å². The highest BCUT2D eigenvalue weighted by molar-refractivity contribution is 9.10. The number of halogens is 1. The lowest BCUT2D eigenvalue weighted by molar-refractivity contribution is 0.147. The molecule has 0 aliphatic heterocycles. The van der Waals surface area contributed by atoms with E-state index in [2.05, 4.69) is 32.3 Å². The van der Waals surface area contributed by atoms with Gasteiger partial charge in [-0.3, -0.25) is 0 Å². The van der Waals surface area contributed by atoms with Gasteiger partial charge in [-0.1, -0.05) is 0 Å². The monoisotopic (exact) mass is 272 g/mol. The predicted octanol–water partition coefficient (Wildman–Crippen LogP) is 2.99. The summed E-state index contributed by atoms with van der Waals surface area (Å²) in [4.78, 5) is 4.30. The van der Waals surface area contributed by atoms with Crippen LogP contribution in [-0.4, -0.2) is 24.7 Å². The number of hydrogen-bond donors (Lipinski definition) is 1. The van der Waals surface area contributed by atoms with Crippen LogP contribution in [-0.2, 0) is 4.74 Å². The van der Waals surface area contributed by atoms with E-state index in [1.807, 2.05) is 13.8 Å². The van der Waals surface area contributed by atoms with Crippen LogP contribution in [0.5, 0.6) is 0 Å². The molecule has 1 N–H and O–H groups in total. The lowest BCUT2D eigenvalue weighted by Crippen LogP contribution is -2.07. The number of nitrogens with one attached hydrogen (secondary N) is 1. The van der Waals surface area contributed by atoms with E-state index in [0.717, 1.165) is 42.0 Å². The van der Waals surface area contributed by atoms with E-state index in [9.17, 15) is 0 Å². The third kappa shape index (κ3) is 4.62. The van der Waals surface area contributed by atoms with Crippen LogP contribution in [0.15, 0.2) is 16.7 Å². The van der Waals surface area contributed by atoms with Gasteiger partial charge in [-0.15, -0.1) is 0 Å². The van der Waals surface area contributed by atoms with Gasteiger partial charge in [0.15, 0.2) is 0 Å². The molecule has 0 aliphatic rings. The van der Waals surface area contributed by atoms with Crippen molar-refractivity contribution in [2.75, 3.05) is 25.1 Å². The third-order valence-electron chi connectivity index (χ3n) is 2.01. The third-order valence-corrected chi connectivity index (χ3v) is 2.44. The molecule has 84 valence electrons. The van der Waals surface area contributed by atoms with Gasteiger partial charge in [-0.25, -0.2) is 4.98 Å². The molecule has 0 aliphatic carbocycles. The van der Waals surface area contributed by atoms with Crippen LogP contribution in [0.25, 0.3) is 0 Å². The molecule has 15 heavy (non-hydrogen) atoms. The highest BCUT2D eigenvalue weighted by atomic mass is 79.9. The largest absolute Gasteiger partial charge is 0.382 e. The minimum Gasteiger partial charge on any atom is -0.382 e. The van der Waals surface area contributed by atoms with Crippen LogP contribution in [0.2, 0.25) is 0 Å². The summed E-state index contributed by atoms with van der Waals surface area (Å²) in [5.41, 5.74) is 1.15. The molecule has 0 radical (unpaired) electrons. The van der Waals surface area contributed by atoms with Gasteiger partial charge < -0.3 is 10.1 Å². The SMILES string of the molecule is CCOCCCNc1ncc(Br)cc1C. The summed E-state index contributed by atoms with van der Waals surface area (Å²) in [5, 5.41) is 3.29. The lowest BCUT2D eigenvalue weighted by atomic mass is 10.3. The Morgan fingerprint density at radius 3 is 3.00 bits per heavy atom. The first-order valence-electron chi connectivity index (χ1n) is 5.17. The molecule has 0 fully saturated rings. The summed E-state index contributed by atoms with van der Waals surface area (Å²) >= 11 is 3.39. The number of pyridine rings is 1. The summed E-state index contributed by atoms with van der Waals surface area (Å²) in [6.07, 6.45) is 2.81. The van der Waals surface area contributed by atoms with Gasteiger partial charge in [0, 0.05) is 30.4 Å². The van der Waals surface area contributed by atoms with Gasteiger partial charge in [0.1, 0.15) is 5.82 Å². The van der Waals surface area contributed by atoms with Crippen molar-refractivity contribution in [2.45, 2.75) is 20.3 Å². The molecule has 1 heterocycles. The molecular formula is C11H17BrN2O. The Morgan fingerprint density at radius 2 is 2.33 bits per heavy atom. The molecule has 0 aromatic carbocycles. The molecule has 0 spiro atoms. The topological polar surface area (TPSA) is 34.1 Å². The molecule has 3 nitrogen and oxygen atoms in total. The second-order valence-corrected chi connectivity index (χ2v) is 4.21. The number of aromatic nitrogens is 1. The first kappa shape index (κ1) is 12.5. The van der Waals surface area contributed by atoms with Crippen molar-refractivity contribution in [3.8, 4) is 0 Å². The maximum absolute atomic E-state index is 5.25. The van der Waals surface area contributed by atoms with Crippen LogP contribution in [0.1, 0.15) is 18.9 Å². The first-order valence-corrected chi connectivity index (χ1v) is 5.97. The van der Waals surface area contributed by atoms with E-state index in [4.69, 9.17) is 4.74 Å². The minimum atomic E-state index is 0.787. The summed E-state index contributed by atoms with van der Waals surface area (Å²) in [6.45, 7) is 6.54. The molecule has 0 bridgehead atoms. The van der Waals surface area contributed by atoms with Crippen molar-refractivity contribution in [1.82, 2.24) is 4.98 Å².